The van der Waals surface area contributed by atoms with E-state index in [-0.39, 0.29) is 11.5 Å². The number of aromatic nitrogens is 1. The van der Waals surface area contributed by atoms with Crippen LogP contribution in [-0.4, -0.2) is 15.8 Å². The van der Waals surface area contributed by atoms with Gasteiger partial charge < -0.3 is 5.32 Å². The minimum absolute atomic E-state index is 0.105. The van der Waals surface area contributed by atoms with E-state index in [0.29, 0.717) is 21.2 Å². The first kappa shape index (κ1) is 16.9. The normalized spacial score (nSPS) is 10.7. The molecule has 1 N–H and O–H groups in total. The molecule has 0 aliphatic rings. The van der Waals surface area contributed by atoms with Gasteiger partial charge in [-0.05, 0) is 36.8 Å². The van der Waals surface area contributed by atoms with Crippen molar-refractivity contribution in [3.63, 3.8) is 0 Å². The van der Waals surface area contributed by atoms with E-state index < -0.39 is 10.8 Å². The van der Waals surface area contributed by atoms with Crippen molar-refractivity contribution in [2.75, 3.05) is 5.32 Å². The molecule has 1 aromatic carbocycles. The second-order valence-corrected chi connectivity index (χ2v) is 5.45. The molecule has 2 rings (SSSR count). The Bertz CT molecular complexity index is 807. The number of nitrogens with one attached hydrogen (secondary N) is 1. The van der Waals surface area contributed by atoms with Crippen molar-refractivity contribution in [3.05, 3.63) is 67.8 Å². The van der Waals surface area contributed by atoms with E-state index in [1.807, 2.05) is 0 Å². The van der Waals surface area contributed by atoms with Gasteiger partial charge in [0, 0.05) is 21.7 Å². The van der Waals surface area contributed by atoms with Crippen molar-refractivity contribution in [3.8, 4) is 0 Å². The number of hydrogen-bond donors (Lipinski definition) is 1. The number of rotatable bonds is 4. The molecule has 1 amide bonds. The van der Waals surface area contributed by atoms with Crippen LogP contribution in [0.5, 0.6) is 0 Å². The van der Waals surface area contributed by atoms with E-state index in [4.69, 9.17) is 23.2 Å². The van der Waals surface area contributed by atoms with Crippen molar-refractivity contribution in [2.24, 2.45) is 0 Å². The molecule has 0 bridgehead atoms. The monoisotopic (exact) mass is 351 g/mol. The quantitative estimate of drug-likeness (QED) is 0.506. The van der Waals surface area contributed by atoms with Gasteiger partial charge in [-0.1, -0.05) is 29.3 Å². The van der Waals surface area contributed by atoms with Gasteiger partial charge in [0.2, 0.25) is 5.91 Å². The number of carbonyl (C=O) groups is 1. The van der Waals surface area contributed by atoms with Gasteiger partial charge in [-0.15, -0.1) is 0 Å². The zero-order chi connectivity index (χ0) is 17.0. The Morgan fingerprint density at radius 1 is 1.35 bits per heavy atom. The number of nitro groups is 1. The van der Waals surface area contributed by atoms with Crippen LogP contribution < -0.4 is 5.32 Å². The SMILES string of the molecule is Cc1cc(NC(=O)/C=C/c2ccc(Cl)cc2Cl)ncc1[N+](=O)[O-]. The third-order valence-corrected chi connectivity index (χ3v) is 3.47. The van der Waals surface area contributed by atoms with E-state index in [0.717, 1.165) is 6.20 Å². The van der Waals surface area contributed by atoms with Crippen molar-refractivity contribution in [2.45, 2.75) is 6.92 Å². The minimum atomic E-state index is -0.531. The molecule has 118 valence electrons. The van der Waals surface area contributed by atoms with E-state index in [1.165, 1.54) is 18.2 Å². The lowest BCUT2D eigenvalue weighted by Crippen LogP contribution is -2.09. The summed E-state index contributed by atoms with van der Waals surface area (Å²) in [6.07, 6.45) is 3.92. The number of carbonyl (C=O) groups excluding carboxylic acids is 1. The fourth-order valence-corrected chi connectivity index (χ4v) is 2.25. The highest BCUT2D eigenvalue weighted by Gasteiger charge is 2.12. The molecule has 23 heavy (non-hydrogen) atoms. The Kier molecular flexibility index (Phi) is 5.31. The molecule has 0 unspecified atom stereocenters. The number of amides is 1. The van der Waals surface area contributed by atoms with Crippen LogP contribution in [0.2, 0.25) is 10.0 Å². The third-order valence-electron chi connectivity index (χ3n) is 2.91. The summed E-state index contributed by atoms with van der Waals surface area (Å²) in [6.45, 7) is 1.57. The van der Waals surface area contributed by atoms with Gasteiger partial charge in [0.1, 0.15) is 12.0 Å². The van der Waals surface area contributed by atoms with E-state index in [9.17, 15) is 14.9 Å². The van der Waals surface area contributed by atoms with Crippen LogP contribution in [0.25, 0.3) is 6.08 Å². The van der Waals surface area contributed by atoms with Crippen LogP contribution in [0.4, 0.5) is 11.5 Å². The average Bonchev–Trinajstić information content (AvgIpc) is 2.46. The van der Waals surface area contributed by atoms with E-state index in [1.54, 1.807) is 25.1 Å². The first-order valence-corrected chi connectivity index (χ1v) is 7.17. The summed E-state index contributed by atoms with van der Waals surface area (Å²) in [4.78, 5) is 25.9. The predicted octanol–water partition coefficient (Wildman–Crippen LogP) is 4.26. The van der Waals surface area contributed by atoms with Gasteiger partial charge >= 0.3 is 0 Å². The van der Waals surface area contributed by atoms with Gasteiger partial charge in [-0.25, -0.2) is 4.98 Å². The molecule has 2 aromatic rings. The summed E-state index contributed by atoms with van der Waals surface area (Å²) < 4.78 is 0. The van der Waals surface area contributed by atoms with Gasteiger partial charge in [-0.3, -0.25) is 14.9 Å². The lowest BCUT2D eigenvalue weighted by Gasteiger charge is -2.03. The highest BCUT2D eigenvalue weighted by atomic mass is 35.5. The summed E-state index contributed by atoms with van der Waals surface area (Å²) in [5.41, 5.74) is 0.940. The first-order valence-electron chi connectivity index (χ1n) is 6.42. The highest BCUT2D eigenvalue weighted by molar-refractivity contribution is 6.35. The number of hydrogen-bond acceptors (Lipinski definition) is 4. The number of anilines is 1. The Labute approximate surface area is 141 Å². The van der Waals surface area contributed by atoms with E-state index >= 15 is 0 Å². The lowest BCUT2D eigenvalue weighted by molar-refractivity contribution is -0.385. The molecular formula is C15H11Cl2N3O3. The molecule has 8 heteroatoms. The van der Waals surface area contributed by atoms with Crippen molar-refractivity contribution < 1.29 is 9.72 Å². The predicted molar refractivity (Wildman–Crippen MR) is 89.8 cm³/mol. The topological polar surface area (TPSA) is 85.1 Å². The zero-order valence-corrected chi connectivity index (χ0v) is 13.4. The molecular weight excluding hydrogens is 341 g/mol. The van der Waals surface area contributed by atoms with Gasteiger partial charge in [0.05, 0.1) is 4.92 Å². The minimum Gasteiger partial charge on any atom is -0.307 e. The Morgan fingerprint density at radius 2 is 2.09 bits per heavy atom. The molecule has 0 spiro atoms. The third kappa shape index (κ3) is 4.51. The number of nitrogens with zero attached hydrogens (tertiary/aromatic N) is 2. The second kappa shape index (κ2) is 7.21. The standard InChI is InChI=1S/C15H11Cl2N3O3/c1-9-6-14(18-8-13(9)20(22)23)19-15(21)5-3-10-2-4-11(16)7-12(10)17/h2-8H,1H3,(H,18,19,21)/b5-3+. The summed E-state index contributed by atoms with van der Waals surface area (Å²) in [7, 11) is 0. The van der Waals surface area contributed by atoms with Gasteiger partial charge in [0.25, 0.3) is 5.69 Å². The fraction of sp³-hybridized carbons (Fsp3) is 0.0667. The second-order valence-electron chi connectivity index (χ2n) is 4.60. The van der Waals surface area contributed by atoms with Crippen molar-refractivity contribution >= 4 is 46.7 Å². The Balaban J connectivity index is 2.09. The summed E-state index contributed by atoms with van der Waals surface area (Å²) in [5, 5.41) is 14.2. The molecule has 1 heterocycles. The molecule has 0 fully saturated rings. The lowest BCUT2D eigenvalue weighted by atomic mass is 10.2. The molecule has 0 radical (unpaired) electrons. The van der Waals surface area contributed by atoms with Crippen LogP contribution in [0.3, 0.4) is 0 Å². The molecule has 1 aromatic heterocycles. The van der Waals surface area contributed by atoms with Crippen molar-refractivity contribution in [1.29, 1.82) is 0 Å². The van der Waals surface area contributed by atoms with Crippen LogP contribution in [-0.2, 0) is 4.79 Å². The summed E-state index contributed by atoms with van der Waals surface area (Å²) >= 11 is 11.8. The molecule has 0 saturated heterocycles. The molecule has 0 saturated carbocycles. The molecule has 0 aliphatic heterocycles. The molecule has 0 aliphatic carbocycles. The number of aryl methyl sites for hydroxylation is 1. The van der Waals surface area contributed by atoms with Gasteiger partial charge in [0.15, 0.2) is 0 Å². The number of halogens is 2. The largest absolute Gasteiger partial charge is 0.307 e. The van der Waals surface area contributed by atoms with Crippen molar-refractivity contribution in [1.82, 2.24) is 4.98 Å². The average molecular weight is 352 g/mol. The van der Waals surface area contributed by atoms with Crippen LogP contribution in [0.15, 0.2) is 36.5 Å². The van der Waals surface area contributed by atoms with Crippen LogP contribution >= 0.6 is 23.2 Å². The van der Waals surface area contributed by atoms with Crippen LogP contribution in [0.1, 0.15) is 11.1 Å². The maximum Gasteiger partial charge on any atom is 0.290 e. The fourth-order valence-electron chi connectivity index (χ4n) is 1.78. The maximum absolute atomic E-state index is 11.9. The zero-order valence-electron chi connectivity index (χ0n) is 11.9. The molecule has 0 atom stereocenters. The van der Waals surface area contributed by atoms with Crippen LogP contribution in [0, 0.1) is 17.0 Å². The molecule has 6 nitrogen and oxygen atoms in total. The van der Waals surface area contributed by atoms with E-state index in [2.05, 4.69) is 10.3 Å². The maximum atomic E-state index is 11.9. The smallest absolute Gasteiger partial charge is 0.290 e. The first-order chi connectivity index (χ1) is 10.9. The summed E-state index contributed by atoms with van der Waals surface area (Å²) in [5.74, 6) is -0.207. The Morgan fingerprint density at radius 3 is 2.70 bits per heavy atom. The Hall–Kier alpha value is -2.44. The van der Waals surface area contributed by atoms with Gasteiger partial charge in [-0.2, -0.15) is 0 Å². The number of benzene rings is 1. The summed E-state index contributed by atoms with van der Waals surface area (Å²) in [6, 6.07) is 6.34. The number of pyridine rings is 1. The highest BCUT2D eigenvalue weighted by Crippen LogP contribution is 2.22.